The molecule has 0 unspecified atom stereocenters. The van der Waals surface area contributed by atoms with Crippen molar-refractivity contribution < 1.29 is 17.9 Å². The number of benzene rings is 1. The molecule has 0 saturated carbocycles. The lowest BCUT2D eigenvalue weighted by atomic mass is 10.1. The summed E-state index contributed by atoms with van der Waals surface area (Å²) in [6.45, 7) is 2.57. The largest absolute Gasteiger partial charge is 0.378 e. The number of nitrogens with zero attached hydrogens (tertiary/aromatic N) is 1. The van der Waals surface area contributed by atoms with E-state index >= 15 is 0 Å². The summed E-state index contributed by atoms with van der Waals surface area (Å²) in [4.78, 5) is 14.4. The van der Waals surface area contributed by atoms with Gasteiger partial charge in [0.15, 0.2) is 0 Å². The van der Waals surface area contributed by atoms with Gasteiger partial charge in [-0.25, -0.2) is 13.1 Å². The van der Waals surface area contributed by atoms with Crippen LogP contribution in [0.4, 0.5) is 0 Å². The predicted octanol–water partition coefficient (Wildman–Crippen LogP) is 0.986. The van der Waals surface area contributed by atoms with E-state index < -0.39 is 10.0 Å². The molecule has 1 saturated heterocycles. The van der Waals surface area contributed by atoms with E-state index in [-0.39, 0.29) is 29.3 Å². The molecule has 0 bridgehead atoms. The van der Waals surface area contributed by atoms with Crippen LogP contribution in [0.3, 0.4) is 0 Å². The molecule has 1 heterocycles. The number of rotatable bonds is 7. The third kappa shape index (κ3) is 5.93. The number of hydrogen-bond acceptors (Lipinski definition) is 5. The van der Waals surface area contributed by atoms with Gasteiger partial charge in [0.2, 0.25) is 10.0 Å². The SMILES string of the molecule is CNS(=O)(=O)c1ccc(C(=O)N2CCC(OCCCN)CC2)cc1.Cl. The van der Waals surface area contributed by atoms with Crippen LogP contribution in [0.1, 0.15) is 29.6 Å². The van der Waals surface area contributed by atoms with E-state index in [1.165, 1.54) is 19.2 Å². The van der Waals surface area contributed by atoms with Crippen molar-refractivity contribution in [2.75, 3.05) is 33.3 Å². The summed E-state index contributed by atoms with van der Waals surface area (Å²) >= 11 is 0. The first-order valence-electron chi connectivity index (χ1n) is 8.12. The molecule has 1 aliphatic heterocycles. The predicted molar refractivity (Wildman–Crippen MR) is 98.5 cm³/mol. The number of carbonyl (C=O) groups is 1. The van der Waals surface area contributed by atoms with Crippen LogP contribution in [-0.2, 0) is 14.8 Å². The molecule has 9 heteroatoms. The highest BCUT2D eigenvalue weighted by atomic mass is 35.5. The van der Waals surface area contributed by atoms with E-state index in [2.05, 4.69) is 4.72 Å². The van der Waals surface area contributed by atoms with Crippen molar-refractivity contribution in [3.05, 3.63) is 29.8 Å². The van der Waals surface area contributed by atoms with E-state index in [9.17, 15) is 13.2 Å². The Morgan fingerprint density at radius 1 is 1.28 bits per heavy atom. The molecule has 3 N–H and O–H groups in total. The van der Waals surface area contributed by atoms with Crippen LogP contribution in [0, 0.1) is 0 Å². The first-order valence-corrected chi connectivity index (χ1v) is 9.61. The minimum Gasteiger partial charge on any atom is -0.378 e. The van der Waals surface area contributed by atoms with E-state index in [0.717, 1.165) is 19.3 Å². The molecule has 1 aliphatic rings. The first kappa shape index (κ1) is 21.9. The van der Waals surface area contributed by atoms with Crippen LogP contribution >= 0.6 is 12.4 Å². The Morgan fingerprint density at radius 2 is 1.88 bits per heavy atom. The number of nitrogens with one attached hydrogen (secondary N) is 1. The van der Waals surface area contributed by atoms with E-state index in [1.54, 1.807) is 17.0 Å². The molecular weight excluding hydrogens is 366 g/mol. The smallest absolute Gasteiger partial charge is 0.253 e. The Labute approximate surface area is 155 Å². The van der Waals surface area contributed by atoms with Crippen LogP contribution in [0.2, 0.25) is 0 Å². The van der Waals surface area contributed by atoms with Crippen LogP contribution in [0.15, 0.2) is 29.2 Å². The van der Waals surface area contributed by atoms with Gasteiger partial charge in [0.25, 0.3) is 5.91 Å². The van der Waals surface area contributed by atoms with Gasteiger partial charge in [-0.2, -0.15) is 0 Å². The molecule has 1 aromatic carbocycles. The summed E-state index contributed by atoms with van der Waals surface area (Å²) < 4.78 is 31.4. The quantitative estimate of drug-likeness (QED) is 0.675. The van der Waals surface area contributed by atoms with Gasteiger partial charge in [-0.3, -0.25) is 4.79 Å². The zero-order valence-corrected chi connectivity index (χ0v) is 15.9. The highest BCUT2D eigenvalue weighted by Gasteiger charge is 2.24. The zero-order valence-electron chi connectivity index (χ0n) is 14.3. The van der Waals surface area contributed by atoms with Gasteiger partial charge in [0.05, 0.1) is 11.0 Å². The third-order valence-corrected chi connectivity index (χ3v) is 5.54. The molecule has 7 nitrogen and oxygen atoms in total. The molecule has 0 atom stereocenters. The summed E-state index contributed by atoms with van der Waals surface area (Å²) in [7, 11) is -2.13. The van der Waals surface area contributed by atoms with E-state index in [0.29, 0.717) is 31.8 Å². The summed E-state index contributed by atoms with van der Waals surface area (Å²) in [5.41, 5.74) is 5.94. The standard InChI is InChI=1S/C16H25N3O4S.ClH/c1-18-24(21,22)15-5-3-13(4-6-15)16(20)19-10-7-14(8-11-19)23-12-2-9-17;/h3-6,14,18H,2,7-12,17H2,1H3;1H. The number of halogens is 1. The average molecular weight is 392 g/mol. The fraction of sp³-hybridized carbons (Fsp3) is 0.562. The van der Waals surface area contributed by atoms with Crippen LogP contribution in [0.5, 0.6) is 0 Å². The van der Waals surface area contributed by atoms with Crippen molar-refractivity contribution in [3.8, 4) is 0 Å². The molecule has 1 fully saturated rings. The molecule has 0 radical (unpaired) electrons. The van der Waals surface area contributed by atoms with Crippen molar-refractivity contribution >= 4 is 28.3 Å². The fourth-order valence-electron chi connectivity index (χ4n) is 2.64. The zero-order chi connectivity index (χ0) is 17.6. The minimum atomic E-state index is -3.48. The number of nitrogens with two attached hydrogens (primary N) is 1. The Morgan fingerprint density at radius 3 is 2.40 bits per heavy atom. The van der Waals surface area contributed by atoms with Crippen molar-refractivity contribution in [2.24, 2.45) is 5.73 Å². The van der Waals surface area contributed by atoms with Crippen LogP contribution in [0.25, 0.3) is 0 Å². The second-order valence-electron chi connectivity index (χ2n) is 5.74. The lowest BCUT2D eigenvalue weighted by molar-refractivity contribution is 0.00844. The number of sulfonamides is 1. The Hall–Kier alpha value is -1.19. The van der Waals surface area contributed by atoms with Crippen molar-refractivity contribution in [2.45, 2.75) is 30.3 Å². The normalized spacial score (nSPS) is 15.7. The second kappa shape index (κ2) is 10.1. The highest BCUT2D eigenvalue weighted by molar-refractivity contribution is 7.89. The molecule has 142 valence electrons. The van der Waals surface area contributed by atoms with Crippen molar-refractivity contribution in [3.63, 3.8) is 0 Å². The fourth-order valence-corrected chi connectivity index (χ4v) is 3.37. The molecule has 1 aromatic rings. The molecule has 25 heavy (non-hydrogen) atoms. The molecule has 1 amide bonds. The Balaban J connectivity index is 0.00000312. The number of hydrogen-bond donors (Lipinski definition) is 2. The van der Waals surface area contributed by atoms with E-state index in [4.69, 9.17) is 10.5 Å². The summed E-state index contributed by atoms with van der Waals surface area (Å²) in [5.74, 6) is -0.0798. The highest BCUT2D eigenvalue weighted by Crippen LogP contribution is 2.18. The average Bonchev–Trinajstić information content (AvgIpc) is 2.62. The minimum absolute atomic E-state index is 0. The maximum Gasteiger partial charge on any atom is 0.253 e. The molecular formula is C16H26ClN3O4S. The molecule has 2 rings (SSSR count). The van der Waals surface area contributed by atoms with Crippen molar-refractivity contribution in [1.82, 2.24) is 9.62 Å². The van der Waals surface area contributed by atoms with Crippen molar-refractivity contribution in [1.29, 1.82) is 0 Å². The monoisotopic (exact) mass is 391 g/mol. The summed E-state index contributed by atoms with van der Waals surface area (Å²) in [5, 5.41) is 0. The number of piperidine rings is 1. The van der Waals surface area contributed by atoms with Gasteiger partial charge in [0, 0.05) is 25.3 Å². The van der Waals surface area contributed by atoms with Gasteiger partial charge >= 0.3 is 0 Å². The second-order valence-corrected chi connectivity index (χ2v) is 7.62. The first-order chi connectivity index (χ1) is 11.5. The van der Waals surface area contributed by atoms with Crippen LogP contribution < -0.4 is 10.5 Å². The molecule has 0 aromatic heterocycles. The Kier molecular flexibility index (Phi) is 8.81. The van der Waals surface area contributed by atoms with Gasteiger partial charge in [0.1, 0.15) is 0 Å². The topological polar surface area (TPSA) is 102 Å². The summed E-state index contributed by atoms with van der Waals surface area (Å²) in [6, 6.07) is 6.00. The van der Waals surface area contributed by atoms with Gasteiger partial charge in [-0.05, 0) is 57.1 Å². The Bertz CT molecular complexity index is 644. The third-order valence-electron chi connectivity index (χ3n) is 4.11. The maximum atomic E-state index is 12.5. The van der Waals surface area contributed by atoms with E-state index in [1.807, 2.05) is 0 Å². The number of carbonyl (C=O) groups excluding carboxylic acids is 1. The molecule has 0 spiro atoms. The van der Waals surface area contributed by atoms with Gasteiger partial charge in [-0.1, -0.05) is 0 Å². The van der Waals surface area contributed by atoms with Gasteiger partial charge in [-0.15, -0.1) is 12.4 Å². The number of likely N-dealkylation sites (tertiary alicyclic amines) is 1. The lowest BCUT2D eigenvalue weighted by Gasteiger charge is -2.32. The molecule has 0 aliphatic carbocycles. The number of amides is 1. The van der Waals surface area contributed by atoms with Gasteiger partial charge < -0.3 is 15.4 Å². The summed E-state index contributed by atoms with van der Waals surface area (Å²) in [6.07, 6.45) is 2.65. The maximum absolute atomic E-state index is 12.5. The number of ether oxygens (including phenoxy) is 1. The van der Waals surface area contributed by atoms with Crippen LogP contribution in [-0.4, -0.2) is 58.6 Å². The lowest BCUT2D eigenvalue weighted by Crippen LogP contribution is -2.41.